The molecule has 0 aromatic heterocycles. The van der Waals surface area contributed by atoms with Crippen LogP contribution in [0.4, 0.5) is 0 Å². The first kappa shape index (κ1) is 15.3. The molecule has 0 bridgehead atoms. The maximum Gasteiger partial charge on any atom is 0.119 e. The monoisotopic (exact) mass is 276 g/mol. The average Bonchev–Trinajstić information content (AvgIpc) is 2.89. The summed E-state index contributed by atoms with van der Waals surface area (Å²) >= 11 is 0. The SMILES string of the molecule is CCCOc1cccc(C2C(CN)CCN2C(C)C)c1. The average molecular weight is 276 g/mol. The third kappa shape index (κ3) is 3.33. The lowest BCUT2D eigenvalue weighted by Crippen LogP contribution is -2.33. The molecule has 2 rings (SSSR count). The third-order valence-corrected chi connectivity index (χ3v) is 4.20. The summed E-state index contributed by atoms with van der Waals surface area (Å²) in [5.74, 6) is 1.54. The van der Waals surface area contributed by atoms with Crippen molar-refractivity contribution in [3.05, 3.63) is 29.8 Å². The van der Waals surface area contributed by atoms with Gasteiger partial charge in [-0.15, -0.1) is 0 Å². The summed E-state index contributed by atoms with van der Waals surface area (Å²) in [4.78, 5) is 2.57. The Kier molecular flexibility index (Phi) is 5.44. The van der Waals surface area contributed by atoms with Gasteiger partial charge in [-0.1, -0.05) is 19.1 Å². The van der Waals surface area contributed by atoms with Gasteiger partial charge in [-0.2, -0.15) is 0 Å². The molecular formula is C17H28N2O. The lowest BCUT2D eigenvalue weighted by Gasteiger charge is -2.31. The van der Waals surface area contributed by atoms with Gasteiger partial charge in [0.15, 0.2) is 0 Å². The predicted molar refractivity (Wildman–Crippen MR) is 84.0 cm³/mol. The van der Waals surface area contributed by atoms with Gasteiger partial charge < -0.3 is 10.5 Å². The molecule has 0 amide bonds. The fraction of sp³-hybridized carbons (Fsp3) is 0.647. The van der Waals surface area contributed by atoms with Gasteiger partial charge in [-0.05, 0) is 63.4 Å². The molecule has 2 unspecified atom stereocenters. The summed E-state index contributed by atoms with van der Waals surface area (Å²) in [6, 6.07) is 9.55. The molecule has 2 N–H and O–H groups in total. The largest absolute Gasteiger partial charge is 0.494 e. The fourth-order valence-electron chi connectivity index (χ4n) is 3.18. The normalized spacial score (nSPS) is 23.4. The van der Waals surface area contributed by atoms with Crippen LogP contribution in [0.1, 0.15) is 45.2 Å². The molecule has 0 aliphatic carbocycles. The lowest BCUT2D eigenvalue weighted by molar-refractivity contribution is 0.184. The van der Waals surface area contributed by atoms with Crippen molar-refractivity contribution >= 4 is 0 Å². The van der Waals surface area contributed by atoms with Crippen molar-refractivity contribution in [3.63, 3.8) is 0 Å². The molecule has 1 aliphatic rings. The fourth-order valence-corrected chi connectivity index (χ4v) is 3.18. The first-order chi connectivity index (χ1) is 9.67. The Bertz CT molecular complexity index is 419. The number of benzene rings is 1. The summed E-state index contributed by atoms with van der Waals surface area (Å²) in [7, 11) is 0. The van der Waals surface area contributed by atoms with Gasteiger partial charge in [0, 0.05) is 12.1 Å². The molecule has 1 aromatic carbocycles. The maximum atomic E-state index is 5.98. The highest BCUT2D eigenvalue weighted by molar-refractivity contribution is 5.31. The van der Waals surface area contributed by atoms with E-state index in [2.05, 4.69) is 43.9 Å². The zero-order valence-electron chi connectivity index (χ0n) is 13.0. The number of ether oxygens (including phenoxy) is 1. The van der Waals surface area contributed by atoms with E-state index < -0.39 is 0 Å². The molecular weight excluding hydrogens is 248 g/mol. The highest BCUT2D eigenvalue weighted by atomic mass is 16.5. The summed E-state index contributed by atoms with van der Waals surface area (Å²) in [5, 5.41) is 0. The molecule has 112 valence electrons. The van der Waals surface area contributed by atoms with Crippen molar-refractivity contribution < 1.29 is 4.74 Å². The van der Waals surface area contributed by atoms with Crippen LogP contribution in [-0.2, 0) is 0 Å². The van der Waals surface area contributed by atoms with Crippen LogP contribution in [0.25, 0.3) is 0 Å². The highest BCUT2D eigenvalue weighted by Gasteiger charge is 2.35. The van der Waals surface area contributed by atoms with Gasteiger partial charge in [0.05, 0.1) is 6.61 Å². The first-order valence-corrected chi connectivity index (χ1v) is 7.86. The molecule has 1 saturated heterocycles. The molecule has 20 heavy (non-hydrogen) atoms. The van der Waals surface area contributed by atoms with E-state index in [-0.39, 0.29) is 0 Å². The second-order valence-electron chi connectivity index (χ2n) is 5.98. The van der Waals surface area contributed by atoms with E-state index in [9.17, 15) is 0 Å². The van der Waals surface area contributed by atoms with E-state index in [1.807, 2.05) is 6.07 Å². The van der Waals surface area contributed by atoms with E-state index in [0.29, 0.717) is 18.0 Å². The van der Waals surface area contributed by atoms with Gasteiger partial charge in [0.2, 0.25) is 0 Å². The Hall–Kier alpha value is -1.06. The smallest absolute Gasteiger partial charge is 0.119 e. The van der Waals surface area contributed by atoms with Gasteiger partial charge in [-0.3, -0.25) is 4.90 Å². The molecule has 0 spiro atoms. The Labute approximate surface area is 123 Å². The van der Waals surface area contributed by atoms with Gasteiger partial charge >= 0.3 is 0 Å². The Morgan fingerprint density at radius 3 is 2.85 bits per heavy atom. The van der Waals surface area contributed by atoms with Crippen LogP contribution >= 0.6 is 0 Å². The third-order valence-electron chi connectivity index (χ3n) is 4.20. The molecule has 1 aromatic rings. The van der Waals surface area contributed by atoms with Crippen molar-refractivity contribution in [3.8, 4) is 5.75 Å². The van der Waals surface area contributed by atoms with E-state index in [0.717, 1.165) is 31.9 Å². The van der Waals surface area contributed by atoms with Crippen LogP contribution < -0.4 is 10.5 Å². The van der Waals surface area contributed by atoms with E-state index >= 15 is 0 Å². The van der Waals surface area contributed by atoms with Gasteiger partial charge in [0.25, 0.3) is 0 Å². The molecule has 3 nitrogen and oxygen atoms in total. The lowest BCUT2D eigenvalue weighted by atomic mass is 9.93. The summed E-state index contributed by atoms with van der Waals surface area (Å²) in [6.45, 7) is 9.35. The molecule has 1 aliphatic heterocycles. The Morgan fingerprint density at radius 1 is 1.40 bits per heavy atom. The number of likely N-dealkylation sites (tertiary alicyclic amines) is 1. The van der Waals surface area contributed by atoms with Crippen LogP contribution in [-0.4, -0.2) is 30.6 Å². The topological polar surface area (TPSA) is 38.5 Å². The predicted octanol–water partition coefficient (Wildman–Crippen LogP) is 3.21. The quantitative estimate of drug-likeness (QED) is 0.867. The summed E-state index contributed by atoms with van der Waals surface area (Å²) in [6.07, 6.45) is 2.23. The second-order valence-corrected chi connectivity index (χ2v) is 5.98. The number of nitrogens with zero attached hydrogens (tertiary/aromatic N) is 1. The number of hydrogen-bond acceptors (Lipinski definition) is 3. The summed E-state index contributed by atoms with van der Waals surface area (Å²) in [5.41, 5.74) is 7.33. The van der Waals surface area contributed by atoms with Crippen LogP contribution in [0.3, 0.4) is 0 Å². The standard InChI is InChI=1S/C17H28N2O/c1-4-10-20-16-7-5-6-14(11-16)17-15(12-18)8-9-19(17)13(2)3/h5-7,11,13,15,17H,4,8-10,12,18H2,1-3H3. The van der Waals surface area contributed by atoms with Crippen molar-refractivity contribution in [2.45, 2.75) is 45.7 Å². The molecule has 0 radical (unpaired) electrons. The van der Waals surface area contributed by atoms with Crippen molar-refractivity contribution in [1.82, 2.24) is 4.90 Å². The number of rotatable bonds is 6. The molecule has 0 saturated carbocycles. The van der Waals surface area contributed by atoms with Crippen molar-refractivity contribution in [2.75, 3.05) is 19.7 Å². The first-order valence-electron chi connectivity index (χ1n) is 7.86. The second kappa shape index (κ2) is 7.09. The minimum Gasteiger partial charge on any atom is -0.494 e. The van der Waals surface area contributed by atoms with Crippen LogP contribution in [0.2, 0.25) is 0 Å². The summed E-state index contributed by atoms with van der Waals surface area (Å²) < 4.78 is 5.77. The molecule has 1 fully saturated rings. The minimum absolute atomic E-state index is 0.435. The molecule has 3 heteroatoms. The van der Waals surface area contributed by atoms with Crippen LogP contribution in [0.15, 0.2) is 24.3 Å². The molecule has 2 atom stereocenters. The molecule has 1 heterocycles. The zero-order chi connectivity index (χ0) is 14.5. The van der Waals surface area contributed by atoms with Crippen LogP contribution in [0.5, 0.6) is 5.75 Å². The zero-order valence-corrected chi connectivity index (χ0v) is 13.0. The minimum atomic E-state index is 0.435. The van der Waals surface area contributed by atoms with Gasteiger partial charge in [0.1, 0.15) is 5.75 Å². The van der Waals surface area contributed by atoms with E-state index in [4.69, 9.17) is 10.5 Å². The maximum absolute atomic E-state index is 5.98. The van der Waals surface area contributed by atoms with Crippen LogP contribution in [0, 0.1) is 5.92 Å². The highest BCUT2D eigenvalue weighted by Crippen LogP contribution is 2.38. The van der Waals surface area contributed by atoms with E-state index in [1.165, 1.54) is 12.0 Å². The van der Waals surface area contributed by atoms with Gasteiger partial charge in [-0.25, -0.2) is 0 Å². The number of nitrogens with two attached hydrogens (primary N) is 1. The Morgan fingerprint density at radius 2 is 2.20 bits per heavy atom. The van der Waals surface area contributed by atoms with Crippen molar-refractivity contribution in [2.24, 2.45) is 11.7 Å². The van der Waals surface area contributed by atoms with E-state index in [1.54, 1.807) is 0 Å². The number of hydrogen-bond donors (Lipinski definition) is 1. The Balaban J connectivity index is 2.22. The van der Waals surface area contributed by atoms with Crippen molar-refractivity contribution in [1.29, 1.82) is 0 Å².